The molecule has 0 saturated carbocycles. The smallest absolute Gasteiger partial charge is 0.271 e. The largest absolute Gasteiger partial charge is 0.366 e. The average Bonchev–Trinajstić information content (AvgIpc) is 2.37. The Bertz CT molecular complexity index is 436. The zero-order valence-electron chi connectivity index (χ0n) is 11.5. The molecule has 2 N–H and O–H groups in total. The maximum atomic E-state index is 11.5. The number of carbonyl (C=O) groups excluding carboxylic acids is 1. The van der Waals surface area contributed by atoms with Crippen molar-refractivity contribution in [1.82, 2.24) is 15.5 Å². The van der Waals surface area contributed by atoms with Gasteiger partial charge in [-0.1, -0.05) is 0 Å². The molecule has 6 nitrogen and oxygen atoms in total. The number of carbonyl (C=O) groups is 1. The van der Waals surface area contributed by atoms with Crippen LogP contribution < -0.4 is 10.6 Å². The molecule has 1 rings (SSSR count). The minimum Gasteiger partial charge on any atom is -0.366 e. The van der Waals surface area contributed by atoms with Crippen LogP contribution in [-0.4, -0.2) is 44.9 Å². The summed E-state index contributed by atoms with van der Waals surface area (Å²) in [6, 6.07) is 3.51. The first-order valence-corrected chi connectivity index (χ1v) is 7.94. The van der Waals surface area contributed by atoms with Gasteiger partial charge in [0.1, 0.15) is 5.82 Å². The van der Waals surface area contributed by atoms with Crippen molar-refractivity contribution >= 4 is 22.5 Å². The van der Waals surface area contributed by atoms with Crippen LogP contribution in [0.3, 0.4) is 0 Å². The quantitative estimate of drug-likeness (QED) is 0.773. The lowest BCUT2D eigenvalue weighted by molar-refractivity contribution is 0.0950. The molecule has 19 heavy (non-hydrogen) atoms. The monoisotopic (exact) mass is 284 g/mol. The van der Waals surface area contributed by atoms with E-state index in [0.717, 1.165) is 6.42 Å². The molecule has 0 saturated heterocycles. The second kappa shape index (κ2) is 7.83. The van der Waals surface area contributed by atoms with Gasteiger partial charge in [0.25, 0.3) is 5.91 Å². The zero-order valence-corrected chi connectivity index (χ0v) is 12.3. The van der Waals surface area contributed by atoms with E-state index in [1.54, 1.807) is 18.4 Å². The van der Waals surface area contributed by atoms with Gasteiger partial charge in [0.2, 0.25) is 0 Å². The van der Waals surface area contributed by atoms with E-state index in [4.69, 9.17) is 0 Å². The molecule has 1 aromatic heterocycles. The van der Waals surface area contributed by atoms with Crippen LogP contribution in [0.25, 0.3) is 0 Å². The minimum absolute atomic E-state index is 0.161. The van der Waals surface area contributed by atoms with Crippen LogP contribution in [-0.2, 0) is 10.8 Å². The number of hydrogen-bond acceptors (Lipinski definition) is 5. The molecule has 0 aromatic carbocycles. The molecular formula is C12H20N4O2S. The van der Waals surface area contributed by atoms with Gasteiger partial charge in [-0.25, -0.2) is 0 Å². The van der Waals surface area contributed by atoms with Gasteiger partial charge in [0.05, 0.1) is 0 Å². The van der Waals surface area contributed by atoms with Gasteiger partial charge < -0.3 is 10.6 Å². The summed E-state index contributed by atoms with van der Waals surface area (Å²) >= 11 is 0. The summed E-state index contributed by atoms with van der Waals surface area (Å²) in [5.74, 6) is 1.04. The number of hydrogen-bond donors (Lipinski definition) is 2. The normalized spacial score (nSPS) is 13.6. The van der Waals surface area contributed by atoms with Gasteiger partial charge in [-0.15, -0.1) is 10.2 Å². The summed E-state index contributed by atoms with van der Waals surface area (Å²) in [6.45, 7) is 4.40. The van der Waals surface area contributed by atoms with E-state index in [1.165, 1.54) is 0 Å². The molecule has 0 aliphatic heterocycles. The highest BCUT2D eigenvalue weighted by Gasteiger charge is 2.08. The standard InChI is InChI=1S/C12H20N4O2S/c1-4-13-12(17)10-5-6-11(16-15-10)14-9(2)7-8-19(3)18/h5-6,9H,4,7-8H2,1-3H3,(H,13,17)(H,14,16). The third-order valence-electron chi connectivity index (χ3n) is 2.47. The molecule has 2 atom stereocenters. The molecule has 7 heteroatoms. The lowest BCUT2D eigenvalue weighted by atomic mass is 10.2. The fourth-order valence-corrected chi connectivity index (χ4v) is 2.13. The number of nitrogens with zero attached hydrogens (tertiary/aromatic N) is 2. The Kier molecular flexibility index (Phi) is 6.41. The van der Waals surface area contributed by atoms with Gasteiger partial charge in [0, 0.05) is 35.4 Å². The Balaban J connectivity index is 2.52. The van der Waals surface area contributed by atoms with Gasteiger partial charge in [0.15, 0.2) is 5.69 Å². The third-order valence-corrected chi connectivity index (χ3v) is 3.28. The van der Waals surface area contributed by atoms with Crippen LogP contribution in [0.1, 0.15) is 30.8 Å². The number of nitrogens with one attached hydrogen (secondary N) is 2. The highest BCUT2D eigenvalue weighted by Crippen LogP contribution is 2.06. The van der Waals surface area contributed by atoms with Crippen molar-refractivity contribution in [1.29, 1.82) is 0 Å². The van der Waals surface area contributed by atoms with Crippen molar-refractivity contribution in [2.24, 2.45) is 0 Å². The van der Waals surface area contributed by atoms with E-state index in [0.29, 0.717) is 23.8 Å². The maximum absolute atomic E-state index is 11.5. The van der Waals surface area contributed by atoms with Gasteiger partial charge >= 0.3 is 0 Å². The predicted octanol–water partition coefficient (Wildman–Crippen LogP) is 0.795. The molecule has 0 aliphatic carbocycles. The average molecular weight is 284 g/mol. The Morgan fingerprint density at radius 2 is 2.16 bits per heavy atom. The third kappa shape index (κ3) is 5.78. The summed E-state index contributed by atoms with van der Waals surface area (Å²) in [5, 5.41) is 13.6. The predicted molar refractivity (Wildman–Crippen MR) is 76.7 cm³/mol. The van der Waals surface area contributed by atoms with Crippen LogP contribution in [0.2, 0.25) is 0 Å². The molecule has 106 valence electrons. The first-order chi connectivity index (χ1) is 9.02. The number of anilines is 1. The first kappa shape index (κ1) is 15.6. The van der Waals surface area contributed by atoms with E-state index in [1.807, 2.05) is 13.8 Å². The Morgan fingerprint density at radius 1 is 1.42 bits per heavy atom. The van der Waals surface area contributed by atoms with Gasteiger partial charge in [-0.05, 0) is 32.4 Å². The number of rotatable bonds is 7. The van der Waals surface area contributed by atoms with Crippen LogP contribution >= 0.6 is 0 Å². The van der Waals surface area contributed by atoms with E-state index in [-0.39, 0.29) is 11.9 Å². The molecule has 1 amide bonds. The van der Waals surface area contributed by atoms with Crippen LogP contribution in [0.4, 0.5) is 5.82 Å². The summed E-state index contributed by atoms with van der Waals surface area (Å²) in [5.41, 5.74) is 0.301. The Labute approximate surface area is 115 Å². The molecule has 0 spiro atoms. The van der Waals surface area contributed by atoms with Crippen molar-refractivity contribution in [2.75, 3.05) is 23.9 Å². The zero-order chi connectivity index (χ0) is 14.3. The van der Waals surface area contributed by atoms with Crippen LogP contribution in [0.5, 0.6) is 0 Å². The van der Waals surface area contributed by atoms with Crippen molar-refractivity contribution in [2.45, 2.75) is 26.3 Å². The van der Waals surface area contributed by atoms with E-state index < -0.39 is 10.8 Å². The fraction of sp³-hybridized carbons (Fsp3) is 0.583. The second-order valence-corrected chi connectivity index (χ2v) is 5.83. The van der Waals surface area contributed by atoms with Crippen molar-refractivity contribution < 1.29 is 9.00 Å². The second-order valence-electron chi connectivity index (χ2n) is 4.27. The fourth-order valence-electron chi connectivity index (χ4n) is 1.45. The molecule has 2 unspecified atom stereocenters. The number of amides is 1. The summed E-state index contributed by atoms with van der Waals surface area (Å²) in [7, 11) is -0.785. The van der Waals surface area contributed by atoms with Crippen molar-refractivity contribution in [3.05, 3.63) is 17.8 Å². The summed E-state index contributed by atoms with van der Waals surface area (Å²) < 4.78 is 11.0. The molecule has 0 radical (unpaired) electrons. The molecule has 1 heterocycles. The molecule has 0 aliphatic rings. The topological polar surface area (TPSA) is 84.0 Å². The highest BCUT2D eigenvalue weighted by molar-refractivity contribution is 7.84. The maximum Gasteiger partial charge on any atom is 0.271 e. The van der Waals surface area contributed by atoms with Gasteiger partial charge in [-0.3, -0.25) is 9.00 Å². The van der Waals surface area contributed by atoms with Crippen LogP contribution in [0, 0.1) is 0 Å². The van der Waals surface area contributed by atoms with Crippen LogP contribution in [0.15, 0.2) is 12.1 Å². The first-order valence-electron chi connectivity index (χ1n) is 6.21. The molecule has 0 fully saturated rings. The lowest BCUT2D eigenvalue weighted by Gasteiger charge is -2.13. The van der Waals surface area contributed by atoms with E-state index in [2.05, 4.69) is 20.8 Å². The Morgan fingerprint density at radius 3 is 2.68 bits per heavy atom. The van der Waals surface area contributed by atoms with E-state index in [9.17, 15) is 9.00 Å². The minimum atomic E-state index is -0.785. The summed E-state index contributed by atoms with van der Waals surface area (Å²) in [6.07, 6.45) is 2.48. The van der Waals surface area contributed by atoms with Gasteiger partial charge in [-0.2, -0.15) is 0 Å². The highest BCUT2D eigenvalue weighted by atomic mass is 32.2. The van der Waals surface area contributed by atoms with E-state index >= 15 is 0 Å². The summed E-state index contributed by atoms with van der Waals surface area (Å²) in [4.78, 5) is 11.5. The molecular weight excluding hydrogens is 264 g/mol. The molecule has 1 aromatic rings. The van der Waals surface area contributed by atoms with Crippen molar-refractivity contribution in [3.8, 4) is 0 Å². The number of aromatic nitrogens is 2. The lowest BCUT2D eigenvalue weighted by Crippen LogP contribution is -2.24. The van der Waals surface area contributed by atoms with Crippen molar-refractivity contribution in [3.63, 3.8) is 0 Å². The SMILES string of the molecule is CCNC(=O)c1ccc(NC(C)CCS(C)=O)nn1. The Hall–Kier alpha value is -1.50. The molecule has 0 bridgehead atoms.